The summed E-state index contributed by atoms with van der Waals surface area (Å²) in [6, 6.07) is 6.60. The molecule has 1 rings (SSSR count). The standard InChI is InChI=1S/C18H23NO2/c1-18(2,3)12-8-5-9-13-19(4)14-17(21)15-10-6-7-11-16(15)20/h5-7,9-11,20H,13-14H2,1-4H3/b9-5+. The lowest BCUT2D eigenvalue weighted by atomic mass is 9.98. The van der Waals surface area contributed by atoms with Gasteiger partial charge >= 0.3 is 0 Å². The molecule has 0 fully saturated rings. The summed E-state index contributed by atoms with van der Waals surface area (Å²) in [5, 5.41) is 9.64. The van der Waals surface area contributed by atoms with Crippen LogP contribution in [0.15, 0.2) is 36.4 Å². The first-order chi connectivity index (χ1) is 9.79. The molecule has 0 saturated heterocycles. The highest BCUT2D eigenvalue weighted by molar-refractivity contribution is 5.99. The van der Waals surface area contributed by atoms with Crippen LogP contribution in [0.5, 0.6) is 5.75 Å². The van der Waals surface area contributed by atoms with Gasteiger partial charge in [0.2, 0.25) is 0 Å². The maximum absolute atomic E-state index is 12.0. The van der Waals surface area contributed by atoms with Crippen molar-refractivity contribution in [2.75, 3.05) is 20.1 Å². The number of Topliss-reactive ketones (excluding diaryl/α,β-unsaturated/α-hetero) is 1. The second-order valence-electron chi connectivity index (χ2n) is 6.06. The van der Waals surface area contributed by atoms with Crippen LogP contribution >= 0.6 is 0 Å². The van der Waals surface area contributed by atoms with Crippen molar-refractivity contribution in [1.82, 2.24) is 4.90 Å². The van der Waals surface area contributed by atoms with Gasteiger partial charge in [-0.1, -0.05) is 30.0 Å². The maximum atomic E-state index is 12.0. The Balaban J connectivity index is 2.49. The number of para-hydroxylation sites is 1. The Bertz CT molecular complexity index is 571. The van der Waals surface area contributed by atoms with Gasteiger partial charge in [0.15, 0.2) is 5.78 Å². The van der Waals surface area contributed by atoms with Gasteiger partial charge in [-0.2, -0.15) is 0 Å². The number of nitrogens with zero attached hydrogens (tertiary/aromatic N) is 1. The van der Waals surface area contributed by atoms with Crippen molar-refractivity contribution in [3.8, 4) is 17.6 Å². The van der Waals surface area contributed by atoms with Gasteiger partial charge in [-0.05, 0) is 46.0 Å². The molecule has 0 unspecified atom stereocenters. The summed E-state index contributed by atoms with van der Waals surface area (Å²) in [4.78, 5) is 13.9. The average Bonchev–Trinajstić information content (AvgIpc) is 2.37. The van der Waals surface area contributed by atoms with Crippen molar-refractivity contribution in [2.45, 2.75) is 20.8 Å². The van der Waals surface area contributed by atoms with Crippen LogP contribution in [0.4, 0.5) is 0 Å². The number of hydrogen-bond donors (Lipinski definition) is 1. The summed E-state index contributed by atoms with van der Waals surface area (Å²) in [7, 11) is 1.86. The van der Waals surface area contributed by atoms with Gasteiger partial charge in [-0.15, -0.1) is 0 Å². The number of phenolic OH excluding ortho intramolecular Hbond substituents is 1. The van der Waals surface area contributed by atoms with Crippen LogP contribution in [0.25, 0.3) is 0 Å². The topological polar surface area (TPSA) is 40.5 Å². The highest BCUT2D eigenvalue weighted by Gasteiger charge is 2.11. The van der Waals surface area contributed by atoms with Gasteiger partial charge in [-0.25, -0.2) is 0 Å². The molecule has 0 bridgehead atoms. The summed E-state index contributed by atoms with van der Waals surface area (Å²) in [5.74, 6) is 6.04. The number of phenols is 1. The minimum Gasteiger partial charge on any atom is -0.507 e. The van der Waals surface area contributed by atoms with E-state index in [1.807, 2.05) is 24.1 Å². The minimum absolute atomic E-state index is 0.00293. The van der Waals surface area contributed by atoms with Crippen LogP contribution in [0.3, 0.4) is 0 Å². The highest BCUT2D eigenvalue weighted by atomic mass is 16.3. The maximum Gasteiger partial charge on any atom is 0.180 e. The summed E-state index contributed by atoms with van der Waals surface area (Å²) >= 11 is 0. The van der Waals surface area contributed by atoms with Crippen LogP contribution in [-0.4, -0.2) is 35.9 Å². The molecule has 21 heavy (non-hydrogen) atoms. The van der Waals surface area contributed by atoms with Gasteiger partial charge < -0.3 is 5.11 Å². The summed E-state index contributed by atoms with van der Waals surface area (Å²) in [6.45, 7) is 7.08. The number of likely N-dealkylation sites (N-methyl/N-ethyl adjacent to an activating group) is 1. The number of rotatable bonds is 5. The molecule has 1 aromatic rings. The summed E-state index contributed by atoms with van der Waals surface area (Å²) in [5.41, 5.74) is 0.359. The number of carbonyl (C=O) groups is 1. The third-order valence-electron chi connectivity index (χ3n) is 2.68. The third-order valence-corrected chi connectivity index (χ3v) is 2.68. The molecule has 0 atom stereocenters. The largest absolute Gasteiger partial charge is 0.507 e. The van der Waals surface area contributed by atoms with Crippen LogP contribution in [0.2, 0.25) is 0 Å². The first-order valence-corrected chi connectivity index (χ1v) is 6.97. The van der Waals surface area contributed by atoms with E-state index in [1.165, 1.54) is 6.07 Å². The lowest BCUT2D eigenvalue weighted by molar-refractivity contribution is 0.0949. The molecular weight excluding hydrogens is 262 g/mol. The second-order valence-corrected chi connectivity index (χ2v) is 6.06. The number of allylic oxidation sites excluding steroid dienone is 1. The van der Waals surface area contributed by atoms with E-state index in [9.17, 15) is 9.90 Å². The lowest BCUT2D eigenvalue weighted by Crippen LogP contribution is -2.26. The number of hydrogen-bond acceptors (Lipinski definition) is 3. The molecule has 0 aromatic heterocycles. The first-order valence-electron chi connectivity index (χ1n) is 6.97. The van der Waals surface area contributed by atoms with Crippen LogP contribution < -0.4 is 0 Å². The molecule has 3 nitrogen and oxygen atoms in total. The van der Waals surface area contributed by atoms with E-state index in [4.69, 9.17) is 0 Å². The van der Waals surface area contributed by atoms with Crippen LogP contribution in [0.1, 0.15) is 31.1 Å². The number of aromatic hydroxyl groups is 1. The normalized spacial score (nSPS) is 11.5. The Morgan fingerprint density at radius 1 is 1.33 bits per heavy atom. The predicted octanol–water partition coefficient (Wildman–Crippen LogP) is 3.11. The molecule has 1 N–H and O–H groups in total. The van der Waals surface area contributed by atoms with Gasteiger partial charge in [0, 0.05) is 12.0 Å². The van der Waals surface area contributed by atoms with Crippen molar-refractivity contribution >= 4 is 5.78 Å². The zero-order valence-corrected chi connectivity index (χ0v) is 13.2. The molecule has 3 heteroatoms. The fraction of sp³-hybridized carbons (Fsp3) is 0.389. The van der Waals surface area contributed by atoms with Crippen LogP contribution in [-0.2, 0) is 0 Å². The molecule has 0 heterocycles. The molecule has 112 valence electrons. The highest BCUT2D eigenvalue weighted by Crippen LogP contribution is 2.16. The summed E-state index contributed by atoms with van der Waals surface area (Å²) in [6.07, 6.45) is 3.74. The molecule has 0 aliphatic heterocycles. The molecule has 0 saturated carbocycles. The molecule has 1 aromatic carbocycles. The molecular formula is C18H23NO2. The van der Waals surface area contributed by atoms with Gasteiger partial charge in [0.25, 0.3) is 0 Å². The monoisotopic (exact) mass is 285 g/mol. The number of ketones is 1. The van der Waals surface area contributed by atoms with E-state index in [-0.39, 0.29) is 23.5 Å². The fourth-order valence-electron chi connectivity index (χ4n) is 1.65. The van der Waals surface area contributed by atoms with Gasteiger partial charge in [-0.3, -0.25) is 9.69 Å². The quantitative estimate of drug-likeness (QED) is 0.667. The van der Waals surface area contributed by atoms with E-state index in [1.54, 1.807) is 18.2 Å². The first kappa shape index (κ1) is 17.0. The lowest BCUT2D eigenvalue weighted by Gasteiger charge is -2.13. The van der Waals surface area contributed by atoms with Crippen molar-refractivity contribution in [1.29, 1.82) is 0 Å². The number of carbonyl (C=O) groups excluding carboxylic acids is 1. The number of benzene rings is 1. The van der Waals surface area contributed by atoms with E-state index < -0.39 is 0 Å². The molecule has 0 aliphatic carbocycles. The molecule has 0 spiro atoms. The molecule has 0 radical (unpaired) electrons. The Kier molecular flexibility index (Phi) is 6.20. The van der Waals surface area contributed by atoms with E-state index in [2.05, 4.69) is 32.6 Å². The minimum atomic E-state index is -0.0928. The smallest absolute Gasteiger partial charge is 0.180 e. The summed E-state index contributed by atoms with van der Waals surface area (Å²) < 4.78 is 0. The second kappa shape index (κ2) is 7.66. The van der Waals surface area contributed by atoms with Gasteiger partial charge in [0.1, 0.15) is 5.75 Å². The van der Waals surface area contributed by atoms with E-state index in [0.29, 0.717) is 12.1 Å². The Morgan fingerprint density at radius 2 is 2.00 bits per heavy atom. The predicted molar refractivity (Wildman–Crippen MR) is 86.3 cm³/mol. The van der Waals surface area contributed by atoms with Crippen molar-refractivity contribution in [3.63, 3.8) is 0 Å². The third kappa shape index (κ3) is 6.78. The zero-order valence-electron chi connectivity index (χ0n) is 13.2. The SMILES string of the molecule is CN(C/C=C/C#CC(C)(C)C)CC(=O)c1ccccc1O. The van der Waals surface area contributed by atoms with Gasteiger partial charge in [0.05, 0.1) is 12.1 Å². The molecule has 0 aliphatic rings. The Labute approximate surface area is 127 Å². The Hall–Kier alpha value is -2.05. The van der Waals surface area contributed by atoms with Crippen molar-refractivity contribution in [3.05, 3.63) is 42.0 Å². The van der Waals surface area contributed by atoms with E-state index >= 15 is 0 Å². The fourth-order valence-corrected chi connectivity index (χ4v) is 1.65. The molecule has 0 amide bonds. The van der Waals surface area contributed by atoms with Crippen LogP contribution in [0, 0.1) is 17.3 Å². The van der Waals surface area contributed by atoms with Crippen molar-refractivity contribution < 1.29 is 9.90 Å². The average molecular weight is 285 g/mol. The Morgan fingerprint density at radius 3 is 2.62 bits per heavy atom. The van der Waals surface area contributed by atoms with Crippen molar-refractivity contribution in [2.24, 2.45) is 5.41 Å². The van der Waals surface area contributed by atoms with E-state index in [0.717, 1.165) is 0 Å². The zero-order chi connectivity index (χ0) is 15.9.